The molecule has 116 valence electrons. The van der Waals surface area contributed by atoms with Crippen molar-refractivity contribution in [3.05, 3.63) is 60.7 Å². The van der Waals surface area contributed by atoms with E-state index in [1.54, 1.807) is 0 Å². The van der Waals surface area contributed by atoms with Crippen molar-refractivity contribution < 1.29 is 4.74 Å². The summed E-state index contributed by atoms with van der Waals surface area (Å²) in [6.45, 7) is 0. The van der Waals surface area contributed by atoms with Gasteiger partial charge in [0.1, 0.15) is 0 Å². The first-order valence-corrected chi connectivity index (χ1v) is 12.0. The second kappa shape index (κ2) is 8.91. The van der Waals surface area contributed by atoms with Crippen molar-refractivity contribution in [1.29, 1.82) is 0 Å². The van der Waals surface area contributed by atoms with Crippen LogP contribution in [0.3, 0.4) is 0 Å². The molecule has 1 heterocycles. The van der Waals surface area contributed by atoms with E-state index in [9.17, 15) is 0 Å². The Labute approximate surface area is 146 Å². The summed E-state index contributed by atoms with van der Waals surface area (Å²) >= 11 is 1.11. The molecule has 1 saturated heterocycles. The summed E-state index contributed by atoms with van der Waals surface area (Å²) in [5, 5.41) is 2.46. The molecule has 0 saturated carbocycles. The van der Waals surface area contributed by atoms with Crippen molar-refractivity contribution in [2.45, 2.75) is 42.1 Å². The van der Waals surface area contributed by atoms with Gasteiger partial charge in [-0.1, -0.05) is 0 Å². The molecular weight excluding hydrogens is 402 g/mol. The van der Waals surface area contributed by atoms with Crippen molar-refractivity contribution in [2.75, 3.05) is 0 Å². The van der Waals surface area contributed by atoms with E-state index >= 15 is 0 Å². The molecule has 1 fully saturated rings. The van der Waals surface area contributed by atoms with E-state index in [2.05, 4.69) is 60.7 Å². The van der Waals surface area contributed by atoms with Crippen LogP contribution < -0.4 is 8.92 Å². The Kier molecular flexibility index (Phi) is 6.60. The second-order valence-corrected chi connectivity index (χ2v) is 10.1. The molecule has 1 aliphatic rings. The van der Waals surface area contributed by atoms with E-state index < -0.39 is 0 Å². The average Bonchev–Trinajstić information content (AvgIpc) is 2.60. The molecular formula is C19H22OSe2. The molecule has 2 atom stereocenters. The van der Waals surface area contributed by atoms with E-state index in [1.165, 1.54) is 38.8 Å². The van der Waals surface area contributed by atoms with Gasteiger partial charge in [-0.3, -0.25) is 0 Å². The topological polar surface area (TPSA) is 9.23 Å². The summed E-state index contributed by atoms with van der Waals surface area (Å²) < 4.78 is 9.35. The van der Waals surface area contributed by atoms with Crippen molar-refractivity contribution >= 4 is 38.8 Å². The third kappa shape index (κ3) is 5.26. The minimum absolute atomic E-state index is 0.491. The number of hydrogen-bond acceptors (Lipinski definition) is 1. The Hall–Kier alpha value is -0.561. The standard InChI is InChI=1S/C19H22OSe2/c1-3-10-18(11-4-1)21-14-16-8-7-9-17(20-16)15-22-19-12-5-2-6-13-19/h1-6,10-13,16-17H,7-9,14-15H2. The molecule has 2 aromatic rings. The first-order chi connectivity index (χ1) is 10.9. The van der Waals surface area contributed by atoms with E-state index in [1.807, 2.05) is 0 Å². The predicted octanol–water partition coefficient (Wildman–Crippen LogP) is 2.82. The first-order valence-electron chi connectivity index (χ1n) is 7.91. The zero-order chi connectivity index (χ0) is 15.0. The molecule has 0 radical (unpaired) electrons. The van der Waals surface area contributed by atoms with Gasteiger partial charge in [-0.15, -0.1) is 0 Å². The summed E-state index contributed by atoms with van der Waals surface area (Å²) in [4.78, 5) is 0. The van der Waals surface area contributed by atoms with Crippen LogP contribution in [0.25, 0.3) is 0 Å². The molecule has 0 aromatic heterocycles. The molecule has 0 N–H and O–H groups in total. The van der Waals surface area contributed by atoms with Gasteiger partial charge in [-0.05, 0) is 0 Å². The van der Waals surface area contributed by atoms with Gasteiger partial charge in [-0.25, -0.2) is 0 Å². The number of hydrogen-bond donors (Lipinski definition) is 0. The quantitative estimate of drug-likeness (QED) is 0.649. The molecule has 0 amide bonds. The van der Waals surface area contributed by atoms with E-state index in [4.69, 9.17) is 4.74 Å². The summed E-state index contributed by atoms with van der Waals surface area (Å²) in [5.41, 5.74) is 0. The van der Waals surface area contributed by atoms with Crippen LogP contribution in [0, 0.1) is 0 Å². The minimum atomic E-state index is 0.491. The number of benzene rings is 2. The van der Waals surface area contributed by atoms with Gasteiger partial charge < -0.3 is 0 Å². The fraction of sp³-hybridized carbons (Fsp3) is 0.368. The Morgan fingerprint density at radius 2 is 1.18 bits per heavy atom. The van der Waals surface area contributed by atoms with Gasteiger partial charge in [0.05, 0.1) is 0 Å². The molecule has 0 aliphatic carbocycles. The van der Waals surface area contributed by atoms with Crippen LogP contribution >= 0.6 is 0 Å². The van der Waals surface area contributed by atoms with Crippen molar-refractivity contribution in [3.8, 4) is 0 Å². The van der Waals surface area contributed by atoms with E-state index in [0.29, 0.717) is 42.1 Å². The monoisotopic (exact) mass is 426 g/mol. The van der Waals surface area contributed by atoms with E-state index in [-0.39, 0.29) is 0 Å². The molecule has 1 nitrogen and oxygen atoms in total. The van der Waals surface area contributed by atoms with E-state index in [0.717, 1.165) is 0 Å². The summed E-state index contributed by atoms with van der Waals surface area (Å²) in [6, 6.07) is 21.8. The molecule has 2 aromatic carbocycles. The Morgan fingerprint density at radius 1 is 0.727 bits per heavy atom. The van der Waals surface area contributed by atoms with Gasteiger partial charge in [0, 0.05) is 0 Å². The zero-order valence-corrected chi connectivity index (χ0v) is 16.1. The maximum absolute atomic E-state index is 6.36. The SMILES string of the molecule is c1ccc([Se]CC2CCCC(C[Se]c3ccccc3)O2)cc1. The Morgan fingerprint density at radius 3 is 1.64 bits per heavy atom. The van der Waals surface area contributed by atoms with Crippen LogP contribution in [0.1, 0.15) is 19.3 Å². The van der Waals surface area contributed by atoms with Gasteiger partial charge >= 0.3 is 146 Å². The van der Waals surface area contributed by atoms with Crippen LogP contribution in [0.4, 0.5) is 0 Å². The zero-order valence-electron chi connectivity index (χ0n) is 12.7. The molecule has 0 spiro atoms. The molecule has 0 bridgehead atoms. The van der Waals surface area contributed by atoms with Crippen LogP contribution in [0.5, 0.6) is 0 Å². The molecule has 3 rings (SSSR count). The van der Waals surface area contributed by atoms with Crippen molar-refractivity contribution in [3.63, 3.8) is 0 Å². The first kappa shape index (κ1) is 16.3. The molecule has 1 aliphatic heterocycles. The predicted molar refractivity (Wildman–Crippen MR) is 95.8 cm³/mol. The van der Waals surface area contributed by atoms with Gasteiger partial charge in [0.2, 0.25) is 0 Å². The third-order valence-electron chi connectivity index (χ3n) is 3.80. The molecule has 22 heavy (non-hydrogen) atoms. The summed E-state index contributed by atoms with van der Waals surface area (Å²) in [5.74, 6) is 0. The number of rotatable bonds is 6. The van der Waals surface area contributed by atoms with Crippen LogP contribution in [0.15, 0.2) is 60.7 Å². The number of ether oxygens (including phenoxy) is 1. The van der Waals surface area contributed by atoms with Gasteiger partial charge in [-0.2, -0.15) is 0 Å². The van der Waals surface area contributed by atoms with Gasteiger partial charge in [0.15, 0.2) is 0 Å². The average molecular weight is 424 g/mol. The van der Waals surface area contributed by atoms with Crippen LogP contribution in [0.2, 0.25) is 10.6 Å². The Bertz CT molecular complexity index is 494. The maximum atomic E-state index is 6.36. The summed E-state index contributed by atoms with van der Waals surface area (Å²) in [7, 11) is 0. The fourth-order valence-electron chi connectivity index (χ4n) is 2.64. The molecule has 3 heteroatoms. The van der Waals surface area contributed by atoms with Crippen molar-refractivity contribution in [2.24, 2.45) is 0 Å². The van der Waals surface area contributed by atoms with Crippen LogP contribution in [-0.4, -0.2) is 42.1 Å². The summed E-state index contributed by atoms with van der Waals surface area (Å²) in [6.07, 6.45) is 4.83. The fourth-order valence-corrected chi connectivity index (χ4v) is 6.72. The third-order valence-corrected chi connectivity index (χ3v) is 8.60. The van der Waals surface area contributed by atoms with Gasteiger partial charge in [0.25, 0.3) is 0 Å². The second-order valence-electron chi connectivity index (χ2n) is 5.56. The normalized spacial score (nSPS) is 21.6. The molecule has 2 unspecified atom stereocenters. The van der Waals surface area contributed by atoms with Crippen LogP contribution in [-0.2, 0) is 4.74 Å². The Balaban J connectivity index is 1.43. The van der Waals surface area contributed by atoms with Crippen molar-refractivity contribution in [1.82, 2.24) is 0 Å².